The Morgan fingerprint density at radius 2 is 1.65 bits per heavy atom. The molecular formula is C35H36F4N6O5S. The van der Waals surface area contributed by atoms with Crippen LogP contribution in [0.4, 0.5) is 28.0 Å². The molecule has 6 rings (SSSR count). The molecule has 0 aliphatic carbocycles. The number of nitrogens with zero attached hydrogens (tertiary/aromatic N) is 4. The van der Waals surface area contributed by atoms with E-state index in [9.17, 15) is 18.4 Å². The topological polar surface area (TPSA) is 109 Å². The van der Waals surface area contributed by atoms with Crippen LogP contribution in [0, 0.1) is 23.3 Å². The summed E-state index contributed by atoms with van der Waals surface area (Å²) >= 11 is 0.905. The molecule has 3 aromatic carbocycles. The maximum atomic E-state index is 15.3. The van der Waals surface area contributed by atoms with Crippen LogP contribution in [0.15, 0.2) is 54.7 Å². The summed E-state index contributed by atoms with van der Waals surface area (Å²) in [6, 6.07) is 8.56. The molecule has 0 unspecified atom stereocenters. The average molecular weight is 729 g/mol. The van der Waals surface area contributed by atoms with E-state index in [0.717, 1.165) is 86.7 Å². The van der Waals surface area contributed by atoms with E-state index in [1.54, 1.807) is 12.1 Å². The van der Waals surface area contributed by atoms with E-state index in [4.69, 9.17) is 14.2 Å². The maximum Gasteiger partial charge on any atom is 0.338 e. The third-order valence-corrected chi connectivity index (χ3v) is 9.76. The van der Waals surface area contributed by atoms with Gasteiger partial charge in [0.25, 0.3) is 5.91 Å². The first-order valence-electron chi connectivity index (χ1n) is 16.3. The van der Waals surface area contributed by atoms with Crippen molar-refractivity contribution in [2.24, 2.45) is 0 Å². The zero-order valence-corrected chi connectivity index (χ0v) is 28.7. The summed E-state index contributed by atoms with van der Waals surface area (Å²) in [4.78, 5) is 34.4. The molecule has 3 amide bonds. The first-order chi connectivity index (χ1) is 24.6. The van der Waals surface area contributed by atoms with Gasteiger partial charge in [0.1, 0.15) is 22.8 Å². The van der Waals surface area contributed by atoms with Crippen molar-refractivity contribution in [1.82, 2.24) is 25.2 Å². The van der Waals surface area contributed by atoms with Gasteiger partial charge in [0, 0.05) is 68.2 Å². The van der Waals surface area contributed by atoms with Crippen molar-refractivity contribution in [3.63, 3.8) is 0 Å². The van der Waals surface area contributed by atoms with Gasteiger partial charge in [0.2, 0.25) is 0 Å². The number of carbonyl (C=O) groups is 2. The van der Waals surface area contributed by atoms with Crippen LogP contribution in [-0.2, 0) is 4.79 Å². The standard InChI is InChI=1S/C35H36F4N6O5S/c1-3-43-11-13-44(14-12-43)10-5-15-49-30-19-27-22(18-29(30)48-2)28(8-9-40-27)50-33-25(38)16-21(17-26(33)39)41-35(47)42-45-31(46)20-51-34(45)32-23(36)6-4-7-24(32)37/h4,6-9,16-19,34H,3,5,10-15,20H2,1-2H3,(H2,41,42,47)/t34-/m0/s1. The second kappa shape index (κ2) is 16.0. The number of methoxy groups -OCH3 is 1. The summed E-state index contributed by atoms with van der Waals surface area (Å²) in [5.41, 5.74) is 1.93. The smallest absolute Gasteiger partial charge is 0.338 e. The Bertz CT molecular complexity index is 1870. The summed E-state index contributed by atoms with van der Waals surface area (Å²) < 4.78 is 76.7. The molecule has 2 fully saturated rings. The van der Waals surface area contributed by atoms with Crippen LogP contribution in [0.1, 0.15) is 24.3 Å². The van der Waals surface area contributed by atoms with Crippen molar-refractivity contribution in [2.75, 3.05) is 64.1 Å². The van der Waals surface area contributed by atoms with Crippen LogP contribution in [0.25, 0.3) is 10.9 Å². The number of urea groups is 1. The molecule has 1 aromatic heterocycles. The Morgan fingerprint density at radius 1 is 0.941 bits per heavy atom. The van der Waals surface area contributed by atoms with Crippen molar-refractivity contribution < 1.29 is 41.4 Å². The number of hydrazine groups is 1. The molecule has 16 heteroatoms. The second-order valence-corrected chi connectivity index (χ2v) is 12.9. The van der Waals surface area contributed by atoms with Crippen molar-refractivity contribution in [1.29, 1.82) is 0 Å². The molecule has 3 heterocycles. The minimum Gasteiger partial charge on any atom is -0.493 e. The van der Waals surface area contributed by atoms with E-state index in [1.807, 2.05) is 0 Å². The van der Waals surface area contributed by atoms with E-state index < -0.39 is 51.9 Å². The fourth-order valence-corrected chi connectivity index (χ4v) is 7.05. The Kier molecular flexibility index (Phi) is 11.3. The number of nitrogens with one attached hydrogen (secondary N) is 2. The summed E-state index contributed by atoms with van der Waals surface area (Å²) in [5.74, 6) is -4.66. The first kappa shape index (κ1) is 36.0. The number of hydrogen-bond acceptors (Lipinski definition) is 9. The van der Waals surface area contributed by atoms with Gasteiger partial charge in [0.05, 0.1) is 30.5 Å². The number of rotatable bonds is 12. The summed E-state index contributed by atoms with van der Waals surface area (Å²) in [6.07, 6.45) is 2.25. The molecule has 51 heavy (non-hydrogen) atoms. The average Bonchev–Trinajstić information content (AvgIpc) is 3.46. The van der Waals surface area contributed by atoms with Gasteiger partial charge in [-0.2, -0.15) is 0 Å². The number of hydrogen-bond donors (Lipinski definition) is 2. The largest absolute Gasteiger partial charge is 0.493 e. The molecule has 0 bridgehead atoms. The number of fused-ring (bicyclic) bond motifs is 1. The normalized spacial score (nSPS) is 16.8. The number of halogens is 4. The van der Waals surface area contributed by atoms with Crippen LogP contribution < -0.4 is 25.0 Å². The molecular weight excluding hydrogens is 692 g/mol. The molecule has 11 nitrogen and oxygen atoms in total. The Balaban J connectivity index is 1.11. The maximum absolute atomic E-state index is 15.3. The zero-order valence-electron chi connectivity index (χ0n) is 27.9. The highest BCUT2D eigenvalue weighted by atomic mass is 32.2. The lowest BCUT2D eigenvalue weighted by Crippen LogP contribution is -2.46. The minimum atomic E-state index is -1.19. The second-order valence-electron chi connectivity index (χ2n) is 11.8. The van der Waals surface area contributed by atoms with Crippen LogP contribution in [0.3, 0.4) is 0 Å². The molecule has 0 radical (unpaired) electrons. The molecule has 270 valence electrons. The number of thioether (sulfide) groups is 1. The minimum absolute atomic E-state index is 0.0868. The lowest BCUT2D eigenvalue weighted by atomic mass is 10.1. The number of aromatic nitrogens is 1. The van der Waals surface area contributed by atoms with Gasteiger partial charge in [-0.05, 0) is 37.2 Å². The van der Waals surface area contributed by atoms with Crippen molar-refractivity contribution in [2.45, 2.75) is 18.7 Å². The number of anilines is 1. The highest BCUT2D eigenvalue weighted by Gasteiger charge is 2.37. The molecule has 0 saturated carbocycles. The van der Waals surface area contributed by atoms with Crippen LogP contribution in [0.5, 0.6) is 23.0 Å². The zero-order chi connectivity index (χ0) is 36.1. The van der Waals surface area contributed by atoms with E-state index in [0.29, 0.717) is 29.0 Å². The predicted octanol–water partition coefficient (Wildman–Crippen LogP) is 6.31. The van der Waals surface area contributed by atoms with Gasteiger partial charge in [-0.15, -0.1) is 11.8 Å². The molecule has 2 aliphatic rings. The summed E-state index contributed by atoms with van der Waals surface area (Å²) in [5, 5.41) is 2.22. The van der Waals surface area contributed by atoms with Crippen molar-refractivity contribution in [3.8, 4) is 23.0 Å². The highest BCUT2D eigenvalue weighted by molar-refractivity contribution is 8.00. The van der Waals surface area contributed by atoms with Gasteiger partial charge in [-0.3, -0.25) is 9.78 Å². The Hall–Kier alpha value is -4.80. The monoisotopic (exact) mass is 728 g/mol. The quantitative estimate of drug-likeness (QED) is 0.128. The van der Waals surface area contributed by atoms with Gasteiger partial charge in [0.15, 0.2) is 28.9 Å². The van der Waals surface area contributed by atoms with Gasteiger partial charge in [-0.1, -0.05) is 13.0 Å². The number of ether oxygens (including phenoxy) is 3. The molecule has 2 saturated heterocycles. The summed E-state index contributed by atoms with van der Waals surface area (Å²) in [7, 11) is 1.48. The number of likely N-dealkylation sites (N-methyl/N-ethyl adjacent to an activating group) is 1. The lowest BCUT2D eigenvalue weighted by Gasteiger charge is -2.33. The fourth-order valence-electron chi connectivity index (χ4n) is 5.90. The summed E-state index contributed by atoms with van der Waals surface area (Å²) in [6.45, 7) is 8.77. The number of benzene rings is 3. The highest BCUT2D eigenvalue weighted by Crippen LogP contribution is 2.41. The van der Waals surface area contributed by atoms with Crippen molar-refractivity contribution >= 4 is 40.3 Å². The van der Waals surface area contributed by atoms with Crippen LogP contribution in [0.2, 0.25) is 0 Å². The van der Waals surface area contributed by atoms with E-state index >= 15 is 8.78 Å². The molecule has 2 N–H and O–H groups in total. The van der Waals surface area contributed by atoms with E-state index in [-0.39, 0.29) is 17.2 Å². The fraction of sp³-hybridized carbons (Fsp3) is 0.343. The van der Waals surface area contributed by atoms with Gasteiger partial charge in [-0.25, -0.2) is 32.8 Å². The molecule has 2 aliphatic heterocycles. The number of amides is 3. The molecule has 0 spiro atoms. The molecule has 4 aromatic rings. The third kappa shape index (κ3) is 8.24. The van der Waals surface area contributed by atoms with Gasteiger partial charge < -0.3 is 29.3 Å². The van der Waals surface area contributed by atoms with E-state index in [1.165, 1.54) is 25.4 Å². The molecule has 1 atom stereocenters. The number of carbonyl (C=O) groups excluding carboxylic acids is 2. The Labute approximate surface area is 295 Å². The third-order valence-electron chi connectivity index (χ3n) is 8.58. The Morgan fingerprint density at radius 3 is 2.33 bits per heavy atom. The van der Waals surface area contributed by atoms with E-state index in [2.05, 4.69) is 32.5 Å². The lowest BCUT2D eigenvalue weighted by molar-refractivity contribution is -0.130. The van der Waals surface area contributed by atoms with Crippen LogP contribution in [-0.4, -0.2) is 90.5 Å². The number of pyridine rings is 1. The van der Waals surface area contributed by atoms with Gasteiger partial charge >= 0.3 is 6.03 Å². The number of piperazine rings is 1. The SMILES string of the molecule is CCN1CCN(CCCOc2cc3nccc(Oc4c(F)cc(NC(=O)NN5C(=O)CS[C@H]5c5c(F)cccc5F)cc4F)c3cc2OC)CC1. The van der Waals surface area contributed by atoms with Crippen molar-refractivity contribution in [3.05, 3.63) is 83.6 Å². The first-order valence-corrected chi connectivity index (χ1v) is 17.4. The van der Waals surface area contributed by atoms with Crippen LogP contribution >= 0.6 is 11.8 Å². The predicted molar refractivity (Wildman–Crippen MR) is 184 cm³/mol.